The molecular weight excluding hydrogens is 364 g/mol. The van der Waals surface area contributed by atoms with Crippen LogP contribution in [0.3, 0.4) is 0 Å². The van der Waals surface area contributed by atoms with Crippen molar-refractivity contribution in [3.8, 4) is 0 Å². The monoisotopic (exact) mass is 392 g/mol. The lowest BCUT2D eigenvalue weighted by Crippen LogP contribution is -2.50. The number of hydrogen-bond acceptors (Lipinski definition) is 5. The highest BCUT2D eigenvalue weighted by Crippen LogP contribution is 2.54. The number of nitrogen functional groups attached to an aromatic ring is 1. The zero-order valence-corrected chi connectivity index (χ0v) is 17.2. The molecule has 1 aliphatic heterocycles. The van der Waals surface area contributed by atoms with E-state index in [4.69, 9.17) is 15.2 Å². The zero-order chi connectivity index (χ0) is 20.6. The van der Waals surface area contributed by atoms with Crippen LogP contribution in [0.5, 0.6) is 0 Å². The summed E-state index contributed by atoms with van der Waals surface area (Å²) in [6.45, 7) is 11.1. The fraction of sp³-hybridized carbons (Fsp3) is 0.391. The molecule has 0 amide bonds. The highest BCUT2D eigenvalue weighted by Gasteiger charge is 2.62. The summed E-state index contributed by atoms with van der Waals surface area (Å²) in [6, 6.07) is 14.1. The molecule has 4 rings (SSSR count). The van der Waals surface area contributed by atoms with Gasteiger partial charge in [-0.25, -0.2) is 9.50 Å². The van der Waals surface area contributed by atoms with Gasteiger partial charge < -0.3 is 15.2 Å². The Morgan fingerprint density at radius 3 is 2.72 bits per heavy atom. The van der Waals surface area contributed by atoms with Crippen molar-refractivity contribution in [1.82, 2.24) is 14.6 Å². The first kappa shape index (κ1) is 19.6. The van der Waals surface area contributed by atoms with Crippen molar-refractivity contribution in [3.63, 3.8) is 0 Å². The van der Waals surface area contributed by atoms with Crippen LogP contribution in [0.2, 0.25) is 0 Å². The molecule has 1 fully saturated rings. The van der Waals surface area contributed by atoms with Crippen LogP contribution in [-0.2, 0) is 21.7 Å². The Hall–Kier alpha value is -2.70. The fourth-order valence-corrected chi connectivity index (χ4v) is 4.54. The molecule has 0 saturated carbocycles. The molecule has 2 aromatic heterocycles. The molecule has 152 valence electrons. The van der Waals surface area contributed by atoms with Crippen LogP contribution in [0.1, 0.15) is 38.4 Å². The van der Waals surface area contributed by atoms with Gasteiger partial charge in [0, 0.05) is 5.92 Å². The van der Waals surface area contributed by atoms with Gasteiger partial charge in [-0.3, -0.25) is 0 Å². The second-order valence-electron chi connectivity index (χ2n) is 7.84. The first-order valence-corrected chi connectivity index (χ1v) is 10.0. The summed E-state index contributed by atoms with van der Waals surface area (Å²) in [6.07, 6.45) is 4.21. The smallest absolute Gasteiger partial charge is 0.157 e. The van der Waals surface area contributed by atoms with Crippen molar-refractivity contribution < 1.29 is 9.47 Å². The Morgan fingerprint density at radius 1 is 1.28 bits per heavy atom. The van der Waals surface area contributed by atoms with Crippen LogP contribution in [0.25, 0.3) is 5.52 Å². The Bertz CT molecular complexity index is 1020. The SMILES string of the molecule is C=C[C@@]1(c2ccc3c(N)ncnn23)O[C@H](CC)[C@@H](C)[C@@]1(C)OCc1ccccc1. The van der Waals surface area contributed by atoms with E-state index in [2.05, 4.69) is 49.6 Å². The van der Waals surface area contributed by atoms with E-state index in [1.807, 2.05) is 36.4 Å². The summed E-state index contributed by atoms with van der Waals surface area (Å²) in [7, 11) is 0. The number of ether oxygens (including phenoxy) is 2. The summed E-state index contributed by atoms with van der Waals surface area (Å²) in [5, 5.41) is 4.44. The van der Waals surface area contributed by atoms with E-state index in [9.17, 15) is 0 Å². The van der Waals surface area contributed by atoms with Crippen LogP contribution in [0, 0.1) is 5.92 Å². The van der Waals surface area contributed by atoms with Crippen molar-refractivity contribution in [2.45, 2.75) is 51.1 Å². The summed E-state index contributed by atoms with van der Waals surface area (Å²) in [5.41, 5.74) is 7.23. The van der Waals surface area contributed by atoms with Crippen LogP contribution >= 0.6 is 0 Å². The van der Waals surface area contributed by atoms with Gasteiger partial charge >= 0.3 is 0 Å². The third-order valence-electron chi connectivity index (χ3n) is 6.43. The average Bonchev–Trinajstić information content (AvgIpc) is 3.27. The molecule has 2 N–H and O–H groups in total. The normalized spacial score (nSPS) is 29.3. The molecule has 29 heavy (non-hydrogen) atoms. The van der Waals surface area contributed by atoms with Gasteiger partial charge in [0.2, 0.25) is 0 Å². The maximum Gasteiger partial charge on any atom is 0.157 e. The van der Waals surface area contributed by atoms with Crippen molar-refractivity contribution in [3.05, 3.63) is 72.7 Å². The number of rotatable bonds is 6. The minimum Gasteiger partial charge on any atom is -0.382 e. The molecule has 6 nitrogen and oxygen atoms in total. The number of nitrogens with two attached hydrogens (primary N) is 1. The van der Waals surface area contributed by atoms with E-state index in [1.54, 1.807) is 4.52 Å². The second-order valence-corrected chi connectivity index (χ2v) is 7.84. The summed E-state index contributed by atoms with van der Waals surface area (Å²) < 4.78 is 15.1. The molecule has 1 saturated heterocycles. The number of aromatic nitrogens is 3. The largest absolute Gasteiger partial charge is 0.382 e. The third kappa shape index (κ3) is 2.86. The minimum absolute atomic E-state index is 0.0264. The van der Waals surface area contributed by atoms with E-state index in [0.29, 0.717) is 12.4 Å². The molecule has 0 bridgehead atoms. The lowest BCUT2D eigenvalue weighted by molar-refractivity contribution is -0.147. The summed E-state index contributed by atoms with van der Waals surface area (Å²) in [5.74, 6) is 0.564. The predicted molar refractivity (Wildman–Crippen MR) is 113 cm³/mol. The molecule has 6 heteroatoms. The van der Waals surface area contributed by atoms with Crippen molar-refractivity contribution in [2.24, 2.45) is 5.92 Å². The van der Waals surface area contributed by atoms with Crippen LogP contribution in [-0.4, -0.2) is 26.3 Å². The molecule has 0 unspecified atom stereocenters. The van der Waals surface area contributed by atoms with Crippen LogP contribution in [0.4, 0.5) is 5.82 Å². The summed E-state index contributed by atoms with van der Waals surface area (Å²) >= 11 is 0. The summed E-state index contributed by atoms with van der Waals surface area (Å²) in [4.78, 5) is 4.10. The Labute approximate surface area is 171 Å². The fourth-order valence-electron chi connectivity index (χ4n) is 4.54. The molecule has 3 aromatic rings. The maximum absolute atomic E-state index is 6.69. The van der Waals surface area contributed by atoms with Gasteiger partial charge in [0.25, 0.3) is 0 Å². The first-order chi connectivity index (χ1) is 14.0. The maximum atomic E-state index is 6.69. The lowest BCUT2D eigenvalue weighted by atomic mass is 9.74. The Morgan fingerprint density at radius 2 is 2.03 bits per heavy atom. The van der Waals surface area contributed by atoms with Gasteiger partial charge in [-0.15, -0.1) is 0 Å². The number of anilines is 1. The highest BCUT2D eigenvalue weighted by atomic mass is 16.6. The Kier molecular flexibility index (Phi) is 4.92. The van der Waals surface area contributed by atoms with Gasteiger partial charge in [0.1, 0.15) is 17.4 Å². The zero-order valence-electron chi connectivity index (χ0n) is 17.2. The first-order valence-electron chi connectivity index (χ1n) is 10.0. The van der Waals surface area contributed by atoms with E-state index in [-0.39, 0.29) is 12.0 Å². The topological polar surface area (TPSA) is 74.7 Å². The molecule has 0 radical (unpaired) electrons. The molecule has 4 atom stereocenters. The van der Waals surface area contributed by atoms with Gasteiger partial charge in [0.05, 0.1) is 18.4 Å². The molecule has 1 aromatic carbocycles. The van der Waals surface area contributed by atoms with E-state index < -0.39 is 11.2 Å². The van der Waals surface area contributed by atoms with E-state index in [1.165, 1.54) is 6.33 Å². The van der Waals surface area contributed by atoms with Crippen LogP contribution < -0.4 is 5.73 Å². The van der Waals surface area contributed by atoms with Crippen molar-refractivity contribution in [2.75, 3.05) is 5.73 Å². The van der Waals surface area contributed by atoms with Crippen molar-refractivity contribution >= 4 is 11.3 Å². The van der Waals surface area contributed by atoms with Gasteiger partial charge in [-0.2, -0.15) is 5.10 Å². The quantitative estimate of drug-likeness (QED) is 0.639. The van der Waals surface area contributed by atoms with Gasteiger partial charge in [-0.1, -0.05) is 56.8 Å². The Balaban J connectivity index is 1.83. The highest BCUT2D eigenvalue weighted by molar-refractivity contribution is 5.66. The predicted octanol–water partition coefficient (Wildman–Crippen LogP) is 4.11. The van der Waals surface area contributed by atoms with E-state index >= 15 is 0 Å². The molecule has 0 aliphatic carbocycles. The standard InChI is InChI=1S/C23H28N4O2/c1-5-19-16(3)22(4,28-14-17-10-8-7-9-11-17)23(6-2,29-19)20-13-12-18-21(24)25-15-26-27(18)20/h6-13,15-16,19H,2,5,14H2,1,3-4H3,(H2,24,25,26)/t16-,19-,22-,23+/m1/s1. The van der Waals surface area contributed by atoms with Crippen LogP contribution in [0.15, 0.2) is 61.4 Å². The van der Waals surface area contributed by atoms with E-state index in [0.717, 1.165) is 23.2 Å². The number of fused-ring (bicyclic) bond motifs is 1. The number of hydrogen-bond donors (Lipinski definition) is 1. The third-order valence-corrected chi connectivity index (χ3v) is 6.43. The number of benzene rings is 1. The minimum atomic E-state index is -0.880. The molecular formula is C23H28N4O2. The lowest BCUT2D eigenvalue weighted by Gasteiger charge is -2.41. The van der Waals surface area contributed by atoms with Gasteiger partial charge in [-0.05, 0) is 31.0 Å². The second kappa shape index (κ2) is 7.28. The molecule has 0 spiro atoms. The number of nitrogens with zero attached hydrogens (tertiary/aromatic N) is 3. The van der Waals surface area contributed by atoms with Crippen molar-refractivity contribution in [1.29, 1.82) is 0 Å². The van der Waals surface area contributed by atoms with Gasteiger partial charge in [0.15, 0.2) is 11.4 Å². The average molecular weight is 393 g/mol. The molecule has 1 aliphatic rings. The molecule has 3 heterocycles.